The number of carbonyl (C=O) groups excluding carboxylic acids is 2. The number of nitrogens with one attached hydrogen (secondary N) is 2. The van der Waals surface area contributed by atoms with Crippen LogP contribution in [0.2, 0.25) is 0 Å². The molecule has 1 atom stereocenters. The van der Waals surface area contributed by atoms with Crippen LogP contribution >= 0.6 is 0 Å². The van der Waals surface area contributed by atoms with Gasteiger partial charge >= 0.3 is 0 Å². The lowest BCUT2D eigenvalue weighted by Gasteiger charge is -2.20. The zero-order chi connectivity index (χ0) is 15.0. The Morgan fingerprint density at radius 3 is 2.86 bits per heavy atom. The van der Waals surface area contributed by atoms with Crippen molar-refractivity contribution < 1.29 is 14.3 Å². The summed E-state index contributed by atoms with van der Waals surface area (Å²) in [6.07, 6.45) is 0.551. The third-order valence-corrected chi connectivity index (χ3v) is 3.61. The third kappa shape index (κ3) is 2.36. The summed E-state index contributed by atoms with van der Waals surface area (Å²) in [5, 5.41) is 5.70. The monoisotopic (exact) mass is 289 g/mol. The molecule has 0 aliphatic carbocycles. The van der Waals surface area contributed by atoms with E-state index in [1.54, 1.807) is 19.2 Å². The second-order valence-corrected chi connectivity index (χ2v) is 5.07. The van der Waals surface area contributed by atoms with E-state index in [-0.39, 0.29) is 17.9 Å². The van der Waals surface area contributed by atoms with Crippen LogP contribution in [0.5, 0.6) is 0 Å². The smallest absolute Gasteiger partial charge is 0.275 e. The van der Waals surface area contributed by atoms with Crippen LogP contribution in [0, 0.1) is 0 Å². The summed E-state index contributed by atoms with van der Waals surface area (Å²) < 4.78 is 6.34. The summed E-state index contributed by atoms with van der Waals surface area (Å²) in [5.41, 5.74) is 1.28. The van der Waals surface area contributed by atoms with Gasteiger partial charge in [0.2, 0.25) is 5.91 Å². The molecule has 1 aromatic carbocycles. The van der Waals surface area contributed by atoms with Crippen molar-refractivity contribution in [3.63, 3.8) is 0 Å². The van der Waals surface area contributed by atoms with Gasteiger partial charge in [-0.1, -0.05) is 6.07 Å². The Bertz CT molecular complexity index is 774. The summed E-state index contributed by atoms with van der Waals surface area (Å²) in [4.78, 5) is 35.5. The Morgan fingerprint density at radius 2 is 2.14 bits per heavy atom. The molecule has 0 saturated carbocycles. The summed E-state index contributed by atoms with van der Waals surface area (Å²) >= 11 is 0. The molecule has 2 amide bonds. The maximum Gasteiger partial charge on any atom is 0.275 e. The SMILES string of the molecule is COCc1ccc2[nH]n(C3CCC(=O)NC3=O)c(=O)c2c1. The molecule has 0 radical (unpaired) electrons. The summed E-state index contributed by atoms with van der Waals surface area (Å²) in [6, 6.07) is 4.72. The average Bonchev–Trinajstić information content (AvgIpc) is 2.77. The number of carbonyl (C=O) groups is 2. The fraction of sp³-hybridized carbons (Fsp3) is 0.357. The predicted octanol–water partition coefficient (Wildman–Crippen LogP) is 0.454. The molecule has 1 saturated heterocycles. The van der Waals surface area contributed by atoms with Crippen molar-refractivity contribution in [2.45, 2.75) is 25.5 Å². The number of aromatic amines is 1. The van der Waals surface area contributed by atoms with Gasteiger partial charge in [0.15, 0.2) is 0 Å². The molecule has 1 fully saturated rings. The molecule has 3 rings (SSSR count). The zero-order valence-electron chi connectivity index (χ0n) is 11.5. The van der Waals surface area contributed by atoms with E-state index in [9.17, 15) is 14.4 Å². The number of fused-ring (bicyclic) bond motifs is 1. The van der Waals surface area contributed by atoms with Crippen LogP contribution in [0.15, 0.2) is 23.0 Å². The fourth-order valence-corrected chi connectivity index (χ4v) is 2.58. The summed E-state index contributed by atoms with van der Waals surface area (Å²) in [7, 11) is 1.59. The molecule has 7 nitrogen and oxygen atoms in total. The van der Waals surface area contributed by atoms with Gasteiger partial charge in [0.25, 0.3) is 11.5 Å². The molecule has 2 N–H and O–H groups in total. The molecule has 21 heavy (non-hydrogen) atoms. The largest absolute Gasteiger partial charge is 0.380 e. The molecular formula is C14H15N3O4. The normalized spacial score (nSPS) is 19.0. The first-order chi connectivity index (χ1) is 10.1. The molecule has 1 aliphatic rings. The van der Waals surface area contributed by atoms with Gasteiger partial charge < -0.3 is 4.74 Å². The van der Waals surface area contributed by atoms with Gasteiger partial charge in [0.1, 0.15) is 6.04 Å². The van der Waals surface area contributed by atoms with Gasteiger partial charge in [-0.3, -0.25) is 24.8 Å². The van der Waals surface area contributed by atoms with E-state index in [2.05, 4.69) is 10.4 Å². The van der Waals surface area contributed by atoms with E-state index in [1.165, 1.54) is 4.68 Å². The van der Waals surface area contributed by atoms with Crippen molar-refractivity contribution in [2.24, 2.45) is 0 Å². The van der Waals surface area contributed by atoms with E-state index >= 15 is 0 Å². The lowest BCUT2D eigenvalue weighted by molar-refractivity contribution is -0.136. The number of hydrogen-bond acceptors (Lipinski definition) is 4. The topological polar surface area (TPSA) is 93.2 Å². The first kappa shape index (κ1) is 13.6. The van der Waals surface area contributed by atoms with Crippen molar-refractivity contribution in [3.8, 4) is 0 Å². The number of ether oxygens (including phenoxy) is 1. The number of hydrogen-bond donors (Lipinski definition) is 2. The number of nitrogens with zero attached hydrogens (tertiary/aromatic N) is 1. The highest BCUT2D eigenvalue weighted by Gasteiger charge is 2.30. The highest BCUT2D eigenvalue weighted by Crippen LogP contribution is 2.19. The van der Waals surface area contributed by atoms with Gasteiger partial charge in [-0.25, -0.2) is 4.68 Å². The highest BCUT2D eigenvalue weighted by atomic mass is 16.5. The molecule has 1 aromatic heterocycles. The lowest BCUT2D eigenvalue weighted by Crippen LogP contribution is -2.44. The fourth-order valence-electron chi connectivity index (χ4n) is 2.58. The van der Waals surface area contributed by atoms with Crippen molar-refractivity contribution in [1.82, 2.24) is 15.1 Å². The van der Waals surface area contributed by atoms with Gasteiger partial charge in [-0.05, 0) is 24.1 Å². The van der Waals surface area contributed by atoms with E-state index in [4.69, 9.17) is 4.74 Å². The number of benzene rings is 1. The van der Waals surface area contributed by atoms with Gasteiger partial charge in [-0.15, -0.1) is 0 Å². The molecular weight excluding hydrogens is 274 g/mol. The van der Waals surface area contributed by atoms with Gasteiger partial charge in [0.05, 0.1) is 17.5 Å². The molecule has 2 heterocycles. The third-order valence-electron chi connectivity index (χ3n) is 3.61. The summed E-state index contributed by atoms with van der Waals surface area (Å²) in [6.45, 7) is 0.416. The Labute approximate surface area is 119 Å². The van der Waals surface area contributed by atoms with E-state index in [0.29, 0.717) is 23.9 Å². The van der Waals surface area contributed by atoms with Crippen LogP contribution in [0.3, 0.4) is 0 Å². The lowest BCUT2D eigenvalue weighted by atomic mass is 10.1. The van der Waals surface area contributed by atoms with Crippen LogP contribution in [-0.2, 0) is 20.9 Å². The van der Waals surface area contributed by atoms with E-state index in [1.807, 2.05) is 6.07 Å². The zero-order valence-corrected chi connectivity index (χ0v) is 11.5. The number of rotatable bonds is 3. The molecule has 2 aromatic rings. The molecule has 110 valence electrons. The minimum atomic E-state index is -0.673. The van der Waals surface area contributed by atoms with Gasteiger partial charge in [0, 0.05) is 13.5 Å². The van der Waals surface area contributed by atoms with Crippen molar-refractivity contribution in [2.75, 3.05) is 7.11 Å². The van der Waals surface area contributed by atoms with Crippen LogP contribution in [0.1, 0.15) is 24.4 Å². The standard InChI is InChI=1S/C14H15N3O4/c1-21-7-8-2-3-10-9(6-8)14(20)17(16-10)11-4-5-12(18)15-13(11)19/h2-3,6,11,16H,4-5,7H2,1H3,(H,15,18,19). The summed E-state index contributed by atoms with van der Waals surface area (Å²) in [5.74, 6) is -0.750. The number of imide groups is 1. The molecule has 1 unspecified atom stereocenters. The number of H-pyrrole nitrogens is 1. The predicted molar refractivity (Wildman–Crippen MR) is 74.7 cm³/mol. The number of piperidine rings is 1. The van der Waals surface area contributed by atoms with Gasteiger partial charge in [-0.2, -0.15) is 0 Å². The van der Waals surface area contributed by atoms with Crippen LogP contribution in [0.25, 0.3) is 10.9 Å². The van der Waals surface area contributed by atoms with E-state index < -0.39 is 11.9 Å². The Kier molecular flexibility index (Phi) is 3.34. The first-order valence-electron chi connectivity index (χ1n) is 6.66. The van der Waals surface area contributed by atoms with Crippen LogP contribution in [0.4, 0.5) is 0 Å². The minimum Gasteiger partial charge on any atom is -0.380 e. The molecule has 0 spiro atoms. The first-order valence-corrected chi connectivity index (χ1v) is 6.66. The Balaban J connectivity index is 2.03. The van der Waals surface area contributed by atoms with E-state index in [0.717, 1.165) is 5.56 Å². The maximum absolute atomic E-state index is 12.4. The minimum absolute atomic E-state index is 0.229. The average molecular weight is 289 g/mol. The maximum atomic E-state index is 12.4. The molecule has 1 aliphatic heterocycles. The van der Waals surface area contributed by atoms with Crippen molar-refractivity contribution in [3.05, 3.63) is 34.1 Å². The number of amides is 2. The second kappa shape index (κ2) is 5.17. The number of aromatic nitrogens is 2. The van der Waals surface area contributed by atoms with Crippen LogP contribution in [-0.4, -0.2) is 28.7 Å². The van der Waals surface area contributed by atoms with Crippen molar-refractivity contribution >= 4 is 22.7 Å². The molecule has 0 bridgehead atoms. The second-order valence-electron chi connectivity index (χ2n) is 5.07. The Hall–Kier alpha value is -2.41. The quantitative estimate of drug-likeness (QED) is 0.802. The van der Waals surface area contributed by atoms with Crippen molar-refractivity contribution in [1.29, 1.82) is 0 Å². The molecule has 7 heteroatoms. The number of methoxy groups -OCH3 is 1. The Morgan fingerprint density at radius 1 is 1.33 bits per heavy atom. The highest BCUT2D eigenvalue weighted by molar-refractivity contribution is 5.99. The van der Waals surface area contributed by atoms with Crippen LogP contribution < -0.4 is 10.9 Å².